The molecule has 1 aliphatic heterocycles. The van der Waals surface area contributed by atoms with Crippen molar-refractivity contribution in [2.45, 2.75) is 38.2 Å². The molecular weight excluding hydrogens is 403 g/mol. The minimum atomic E-state index is -3.91. The summed E-state index contributed by atoms with van der Waals surface area (Å²) in [5.74, 6) is 0.250. The zero-order valence-electron chi connectivity index (χ0n) is 17.3. The monoisotopic (exact) mass is 426 g/mol. The maximum atomic E-state index is 14.5. The maximum Gasteiger partial charge on any atom is 0.297 e. The van der Waals surface area contributed by atoms with Gasteiger partial charge in [0.15, 0.2) is 0 Å². The smallest absolute Gasteiger partial charge is 0.297 e. The highest BCUT2D eigenvalue weighted by Gasteiger charge is 2.32. The van der Waals surface area contributed by atoms with Crippen LogP contribution in [0.25, 0.3) is 11.1 Å². The van der Waals surface area contributed by atoms with E-state index in [1.165, 1.54) is 18.2 Å². The van der Waals surface area contributed by atoms with E-state index >= 15 is 0 Å². The summed E-state index contributed by atoms with van der Waals surface area (Å²) in [5.41, 5.74) is 5.80. The van der Waals surface area contributed by atoms with Crippen molar-refractivity contribution in [1.82, 2.24) is 0 Å². The molecule has 0 saturated carbocycles. The van der Waals surface area contributed by atoms with Crippen molar-refractivity contribution in [2.24, 2.45) is 0 Å². The van der Waals surface area contributed by atoms with Crippen molar-refractivity contribution in [3.05, 3.63) is 82.2 Å². The quantitative estimate of drug-likeness (QED) is 0.522. The molecule has 0 aromatic heterocycles. The van der Waals surface area contributed by atoms with Crippen LogP contribution in [-0.4, -0.2) is 15.5 Å². The average Bonchev–Trinajstić information content (AvgIpc) is 3.13. The maximum absolute atomic E-state index is 14.5. The highest BCUT2D eigenvalue weighted by Crippen LogP contribution is 2.46. The Bertz CT molecular complexity index is 1250. The molecule has 1 heterocycles. The summed E-state index contributed by atoms with van der Waals surface area (Å²) in [6.07, 6.45) is -0.175. The summed E-state index contributed by atoms with van der Waals surface area (Å²) in [6.45, 7) is 5.85. The molecule has 0 saturated heterocycles. The first kappa shape index (κ1) is 20.6. The highest BCUT2D eigenvalue weighted by molar-refractivity contribution is 7.86. The molecule has 3 aromatic carbocycles. The van der Waals surface area contributed by atoms with Gasteiger partial charge in [0.1, 0.15) is 22.6 Å². The topological polar surface area (TPSA) is 52.6 Å². The molecule has 30 heavy (non-hydrogen) atoms. The molecule has 4 nitrogen and oxygen atoms in total. The van der Waals surface area contributed by atoms with Crippen LogP contribution in [-0.2, 0) is 20.7 Å². The summed E-state index contributed by atoms with van der Waals surface area (Å²) < 4.78 is 50.4. The molecule has 4 rings (SSSR count). The van der Waals surface area contributed by atoms with E-state index in [1.54, 1.807) is 12.1 Å². The standard InChI is InChI=1S/C24H23FO4S/c1-14-5-7-16(3)19(9-14)20-13-18(25)11-17-12-22(29-24(17)20)21-10-15(2)6-8-23(21)30(26,27)28-4/h5-11,13,22H,12H2,1-4H3. The Kier molecular flexibility index (Phi) is 5.16. The number of rotatable bonds is 4. The fourth-order valence-electron chi connectivity index (χ4n) is 3.96. The summed E-state index contributed by atoms with van der Waals surface area (Å²) in [7, 11) is -2.77. The van der Waals surface area contributed by atoms with Crippen molar-refractivity contribution in [3.8, 4) is 16.9 Å². The SMILES string of the molecule is COS(=O)(=O)c1ccc(C)cc1C1Cc2cc(F)cc(-c3cc(C)ccc3C)c2O1. The van der Waals surface area contributed by atoms with Crippen LogP contribution in [0, 0.1) is 26.6 Å². The number of aryl methyl sites for hydroxylation is 3. The summed E-state index contributed by atoms with van der Waals surface area (Å²) >= 11 is 0. The van der Waals surface area contributed by atoms with Crippen LogP contribution >= 0.6 is 0 Å². The molecule has 1 unspecified atom stereocenters. The lowest BCUT2D eigenvalue weighted by Gasteiger charge is -2.17. The largest absolute Gasteiger partial charge is 0.484 e. The molecule has 6 heteroatoms. The second-order valence-electron chi connectivity index (χ2n) is 7.73. The number of hydrogen-bond donors (Lipinski definition) is 0. The second-order valence-corrected chi connectivity index (χ2v) is 9.41. The Hall–Kier alpha value is -2.70. The Morgan fingerprint density at radius 1 is 0.967 bits per heavy atom. The van der Waals surface area contributed by atoms with E-state index < -0.39 is 16.2 Å². The number of halogens is 1. The molecule has 156 valence electrons. The molecule has 0 N–H and O–H groups in total. The van der Waals surface area contributed by atoms with Crippen LogP contribution in [0.4, 0.5) is 4.39 Å². The van der Waals surface area contributed by atoms with Gasteiger partial charge in [0, 0.05) is 23.1 Å². The third-order valence-electron chi connectivity index (χ3n) is 5.48. The van der Waals surface area contributed by atoms with Gasteiger partial charge in [-0.3, -0.25) is 4.18 Å². The zero-order chi connectivity index (χ0) is 21.6. The van der Waals surface area contributed by atoms with Crippen LogP contribution in [0.1, 0.15) is 33.9 Å². The number of fused-ring (bicyclic) bond motifs is 1. The third kappa shape index (κ3) is 3.61. The minimum Gasteiger partial charge on any atom is -0.484 e. The molecule has 1 atom stereocenters. The molecule has 1 aliphatic rings. The van der Waals surface area contributed by atoms with Crippen molar-refractivity contribution in [1.29, 1.82) is 0 Å². The molecule has 0 spiro atoms. The molecule has 0 bridgehead atoms. The van der Waals surface area contributed by atoms with Crippen LogP contribution in [0.2, 0.25) is 0 Å². The third-order valence-corrected chi connectivity index (χ3v) is 6.83. The zero-order valence-corrected chi connectivity index (χ0v) is 18.1. The van der Waals surface area contributed by atoms with Gasteiger partial charge in [-0.1, -0.05) is 41.5 Å². The average molecular weight is 427 g/mol. The number of ether oxygens (including phenoxy) is 1. The minimum absolute atomic E-state index is 0.0714. The van der Waals surface area contributed by atoms with E-state index in [9.17, 15) is 12.8 Å². The normalized spacial score (nSPS) is 15.7. The predicted molar refractivity (Wildman–Crippen MR) is 114 cm³/mol. The molecule has 3 aromatic rings. The van der Waals surface area contributed by atoms with Gasteiger partial charge in [-0.25, -0.2) is 4.39 Å². The predicted octanol–water partition coefficient (Wildman–Crippen LogP) is 5.43. The molecular formula is C24H23FO4S. The first-order valence-corrected chi connectivity index (χ1v) is 11.1. The van der Waals surface area contributed by atoms with Crippen LogP contribution < -0.4 is 4.74 Å². The van der Waals surface area contributed by atoms with Gasteiger partial charge < -0.3 is 4.74 Å². The van der Waals surface area contributed by atoms with Crippen molar-refractivity contribution in [3.63, 3.8) is 0 Å². The summed E-state index contributed by atoms with van der Waals surface area (Å²) in [4.78, 5) is 0.0714. The van der Waals surface area contributed by atoms with Gasteiger partial charge in [-0.15, -0.1) is 0 Å². The molecule has 0 amide bonds. The number of hydrogen-bond acceptors (Lipinski definition) is 4. The van der Waals surface area contributed by atoms with Gasteiger partial charge in [0.05, 0.1) is 7.11 Å². The molecule has 0 aliphatic carbocycles. The van der Waals surface area contributed by atoms with Crippen LogP contribution in [0.3, 0.4) is 0 Å². The van der Waals surface area contributed by atoms with Crippen molar-refractivity contribution < 1.29 is 21.7 Å². The first-order valence-electron chi connectivity index (χ1n) is 9.67. The summed E-state index contributed by atoms with van der Waals surface area (Å²) in [5, 5.41) is 0. The van der Waals surface area contributed by atoms with Gasteiger partial charge in [0.2, 0.25) is 0 Å². The van der Waals surface area contributed by atoms with Crippen molar-refractivity contribution in [2.75, 3.05) is 7.11 Å². The molecule has 0 fully saturated rings. The number of benzene rings is 3. The Morgan fingerprint density at radius 3 is 2.40 bits per heavy atom. The lowest BCUT2D eigenvalue weighted by atomic mass is 9.95. The lowest BCUT2D eigenvalue weighted by Crippen LogP contribution is -2.12. The van der Waals surface area contributed by atoms with Crippen LogP contribution in [0.5, 0.6) is 5.75 Å². The molecule has 0 radical (unpaired) electrons. The van der Waals surface area contributed by atoms with Gasteiger partial charge in [0.25, 0.3) is 10.1 Å². The Balaban J connectivity index is 1.84. The Labute approximate surface area is 176 Å². The second kappa shape index (κ2) is 7.52. The van der Waals surface area contributed by atoms with E-state index in [2.05, 4.69) is 0 Å². The fourth-order valence-corrected chi connectivity index (χ4v) is 4.85. The van der Waals surface area contributed by atoms with E-state index in [-0.39, 0.29) is 10.7 Å². The van der Waals surface area contributed by atoms with E-state index in [4.69, 9.17) is 8.92 Å². The van der Waals surface area contributed by atoms with Gasteiger partial charge in [-0.2, -0.15) is 8.42 Å². The van der Waals surface area contributed by atoms with Crippen molar-refractivity contribution >= 4 is 10.1 Å². The van der Waals surface area contributed by atoms with E-state index in [0.717, 1.165) is 34.9 Å². The Morgan fingerprint density at radius 2 is 1.67 bits per heavy atom. The summed E-state index contributed by atoms with van der Waals surface area (Å²) in [6, 6.07) is 14.0. The highest BCUT2D eigenvalue weighted by atomic mass is 32.2. The van der Waals surface area contributed by atoms with Gasteiger partial charge in [-0.05, 0) is 50.1 Å². The fraction of sp³-hybridized carbons (Fsp3) is 0.250. The first-order chi connectivity index (χ1) is 14.2. The van der Waals surface area contributed by atoms with E-state index in [0.29, 0.717) is 23.3 Å². The van der Waals surface area contributed by atoms with E-state index in [1.807, 2.05) is 39.0 Å². The lowest BCUT2D eigenvalue weighted by molar-refractivity contribution is 0.235. The van der Waals surface area contributed by atoms with Gasteiger partial charge >= 0.3 is 0 Å². The van der Waals surface area contributed by atoms with Crippen LogP contribution in [0.15, 0.2) is 53.4 Å².